The highest BCUT2D eigenvalue weighted by Crippen LogP contribution is 2.16. The highest BCUT2D eigenvalue weighted by Gasteiger charge is 2.03. The molecule has 0 saturated carbocycles. The van der Waals surface area contributed by atoms with Gasteiger partial charge in [-0.25, -0.2) is 0 Å². The maximum absolute atomic E-state index is 3.30. The largest absolute Gasteiger partial charge is 0.367 e. The quantitative estimate of drug-likeness (QED) is 0.400. The third-order valence-electron chi connectivity index (χ3n) is 4.28. The molecule has 116 valence electrons. The van der Waals surface area contributed by atoms with Crippen LogP contribution < -0.4 is 0 Å². The van der Waals surface area contributed by atoms with Gasteiger partial charge in [0.25, 0.3) is 0 Å². The lowest BCUT2D eigenvalue weighted by Gasteiger charge is -2.04. The molecule has 0 unspecified atom stereocenters. The molecule has 1 N–H and O–H groups in total. The highest BCUT2D eigenvalue weighted by atomic mass is 14.6. The van der Waals surface area contributed by atoms with Gasteiger partial charge in [0.2, 0.25) is 0 Å². The summed E-state index contributed by atoms with van der Waals surface area (Å²) >= 11 is 0. The predicted octanol–water partition coefficient (Wildman–Crippen LogP) is 6.43. The van der Waals surface area contributed by atoms with Crippen LogP contribution in [-0.4, -0.2) is 4.98 Å². The van der Waals surface area contributed by atoms with Crippen LogP contribution in [0.1, 0.15) is 95.6 Å². The van der Waals surface area contributed by atoms with E-state index in [1.165, 1.54) is 83.5 Å². The van der Waals surface area contributed by atoms with Crippen LogP contribution in [0, 0.1) is 0 Å². The number of hydrogen-bond acceptors (Lipinski definition) is 0. The summed E-state index contributed by atoms with van der Waals surface area (Å²) < 4.78 is 0. The number of aryl methyl sites for hydroxylation is 2. The molecule has 0 aromatic carbocycles. The van der Waals surface area contributed by atoms with E-state index in [0.29, 0.717) is 0 Å². The van der Waals surface area contributed by atoms with E-state index >= 15 is 0 Å². The van der Waals surface area contributed by atoms with Gasteiger partial charge in [-0.15, -0.1) is 0 Å². The third kappa shape index (κ3) is 7.77. The fourth-order valence-corrected chi connectivity index (χ4v) is 2.91. The van der Waals surface area contributed by atoms with Crippen molar-refractivity contribution in [1.29, 1.82) is 0 Å². The number of unbranched alkanes of at least 4 members (excludes halogenated alkanes) is 9. The normalized spacial score (nSPS) is 11.1. The molecule has 0 aliphatic heterocycles. The van der Waals surface area contributed by atoms with Crippen LogP contribution in [0.5, 0.6) is 0 Å². The number of aromatic amines is 1. The van der Waals surface area contributed by atoms with Crippen LogP contribution in [-0.2, 0) is 12.8 Å². The van der Waals surface area contributed by atoms with Gasteiger partial charge in [-0.2, -0.15) is 0 Å². The number of H-pyrrole nitrogens is 1. The molecule has 0 amide bonds. The molecular weight excluding hydrogens is 242 g/mol. The summed E-state index contributed by atoms with van der Waals surface area (Å²) in [6.45, 7) is 4.56. The topological polar surface area (TPSA) is 15.8 Å². The Bertz CT molecular complexity index is 313. The van der Waals surface area contributed by atoms with E-state index in [0.717, 1.165) is 0 Å². The van der Waals surface area contributed by atoms with E-state index in [4.69, 9.17) is 0 Å². The minimum Gasteiger partial charge on any atom is -0.367 e. The van der Waals surface area contributed by atoms with Crippen molar-refractivity contribution in [2.45, 2.75) is 97.3 Å². The van der Waals surface area contributed by atoms with E-state index < -0.39 is 0 Å². The number of nitrogens with one attached hydrogen (secondary N) is 1. The zero-order valence-corrected chi connectivity index (χ0v) is 13.8. The predicted molar refractivity (Wildman–Crippen MR) is 90.3 cm³/mol. The SMILES string of the molecule is CCCCCCCCCCc1c[nH]cc1CCCCC. The lowest BCUT2D eigenvalue weighted by atomic mass is 10.0. The summed E-state index contributed by atoms with van der Waals surface area (Å²) in [6, 6.07) is 0. The zero-order chi connectivity index (χ0) is 14.5. The van der Waals surface area contributed by atoms with Gasteiger partial charge in [0, 0.05) is 12.4 Å². The van der Waals surface area contributed by atoms with Crippen molar-refractivity contribution in [1.82, 2.24) is 4.98 Å². The standard InChI is InChI=1S/C19H35N/c1-3-5-7-8-9-10-11-13-15-19-17-20-16-18(19)14-12-6-4-2/h16-17,20H,3-15H2,1-2H3. The first kappa shape index (κ1) is 17.3. The van der Waals surface area contributed by atoms with Crippen LogP contribution in [0.4, 0.5) is 0 Å². The molecule has 1 nitrogen and oxygen atoms in total. The molecule has 1 rings (SSSR count). The zero-order valence-electron chi connectivity index (χ0n) is 13.8. The lowest BCUT2D eigenvalue weighted by molar-refractivity contribution is 0.575. The minimum atomic E-state index is 1.27. The van der Waals surface area contributed by atoms with Gasteiger partial charge in [0.05, 0.1) is 0 Å². The second kappa shape index (κ2) is 12.1. The molecule has 0 bridgehead atoms. The molecule has 0 radical (unpaired) electrons. The van der Waals surface area contributed by atoms with E-state index in [1.807, 2.05) is 0 Å². The van der Waals surface area contributed by atoms with Crippen molar-refractivity contribution >= 4 is 0 Å². The monoisotopic (exact) mass is 277 g/mol. The first-order valence-electron chi connectivity index (χ1n) is 9.03. The summed E-state index contributed by atoms with van der Waals surface area (Å²) in [7, 11) is 0. The van der Waals surface area contributed by atoms with Crippen molar-refractivity contribution < 1.29 is 0 Å². The van der Waals surface area contributed by atoms with Crippen molar-refractivity contribution in [2.75, 3.05) is 0 Å². The average molecular weight is 277 g/mol. The fraction of sp³-hybridized carbons (Fsp3) is 0.789. The van der Waals surface area contributed by atoms with Crippen molar-refractivity contribution in [3.05, 3.63) is 23.5 Å². The Hall–Kier alpha value is -0.720. The molecule has 0 fully saturated rings. The Morgan fingerprint density at radius 2 is 1.00 bits per heavy atom. The number of aromatic nitrogens is 1. The van der Waals surface area contributed by atoms with E-state index in [9.17, 15) is 0 Å². The molecule has 0 atom stereocenters. The van der Waals surface area contributed by atoms with E-state index in [1.54, 1.807) is 11.1 Å². The van der Waals surface area contributed by atoms with Crippen LogP contribution >= 0.6 is 0 Å². The van der Waals surface area contributed by atoms with E-state index in [-0.39, 0.29) is 0 Å². The minimum absolute atomic E-state index is 1.27. The van der Waals surface area contributed by atoms with Gasteiger partial charge in [0.15, 0.2) is 0 Å². The first-order valence-corrected chi connectivity index (χ1v) is 9.03. The van der Waals surface area contributed by atoms with Gasteiger partial charge in [0.1, 0.15) is 0 Å². The fourth-order valence-electron chi connectivity index (χ4n) is 2.91. The van der Waals surface area contributed by atoms with Gasteiger partial charge < -0.3 is 4.98 Å². The Kier molecular flexibility index (Phi) is 10.4. The van der Waals surface area contributed by atoms with Gasteiger partial charge >= 0.3 is 0 Å². The molecule has 0 spiro atoms. The van der Waals surface area contributed by atoms with Crippen LogP contribution in [0.2, 0.25) is 0 Å². The second-order valence-electron chi connectivity index (χ2n) is 6.19. The summed E-state index contributed by atoms with van der Waals surface area (Å²) in [5.41, 5.74) is 3.15. The Morgan fingerprint density at radius 3 is 1.55 bits per heavy atom. The van der Waals surface area contributed by atoms with Crippen LogP contribution in [0.3, 0.4) is 0 Å². The van der Waals surface area contributed by atoms with E-state index in [2.05, 4.69) is 31.2 Å². The van der Waals surface area contributed by atoms with Crippen molar-refractivity contribution in [3.8, 4) is 0 Å². The number of rotatable bonds is 13. The van der Waals surface area contributed by atoms with Gasteiger partial charge in [-0.3, -0.25) is 0 Å². The maximum Gasteiger partial charge on any atom is 0.00401 e. The maximum atomic E-state index is 3.30. The molecule has 0 aliphatic carbocycles. The lowest BCUT2D eigenvalue weighted by Crippen LogP contribution is -1.91. The summed E-state index contributed by atoms with van der Waals surface area (Å²) in [5, 5.41) is 0. The van der Waals surface area contributed by atoms with Gasteiger partial charge in [-0.05, 0) is 36.8 Å². The first-order chi connectivity index (χ1) is 9.88. The van der Waals surface area contributed by atoms with Gasteiger partial charge in [-0.1, -0.05) is 71.6 Å². The summed E-state index contributed by atoms with van der Waals surface area (Å²) in [4.78, 5) is 3.30. The van der Waals surface area contributed by atoms with Crippen LogP contribution in [0.15, 0.2) is 12.4 Å². The number of hydrogen-bond donors (Lipinski definition) is 1. The Labute approximate surface area is 126 Å². The molecule has 1 heterocycles. The molecule has 1 aromatic rings. The van der Waals surface area contributed by atoms with Crippen molar-refractivity contribution in [3.63, 3.8) is 0 Å². The molecular formula is C19H35N. The second-order valence-corrected chi connectivity index (χ2v) is 6.19. The Morgan fingerprint density at radius 1 is 0.600 bits per heavy atom. The summed E-state index contributed by atoms with van der Waals surface area (Å²) in [5.74, 6) is 0. The summed E-state index contributed by atoms with van der Waals surface area (Å²) in [6.07, 6.45) is 22.3. The molecule has 20 heavy (non-hydrogen) atoms. The van der Waals surface area contributed by atoms with Crippen LogP contribution in [0.25, 0.3) is 0 Å². The Balaban J connectivity index is 2.05. The smallest absolute Gasteiger partial charge is 0.00401 e. The van der Waals surface area contributed by atoms with Crippen molar-refractivity contribution in [2.24, 2.45) is 0 Å². The average Bonchev–Trinajstić information content (AvgIpc) is 2.90. The highest BCUT2D eigenvalue weighted by molar-refractivity contribution is 5.23. The molecule has 0 aliphatic rings. The molecule has 1 aromatic heterocycles. The molecule has 0 saturated heterocycles. The molecule has 1 heteroatoms. The third-order valence-corrected chi connectivity index (χ3v) is 4.28.